The molecule has 5 heteroatoms. The first-order chi connectivity index (χ1) is 14.9. The summed E-state index contributed by atoms with van der Waals surface area (Å²) in [6, 6.07) is 14.8. The summed E-state index contributed by atoms with van der Waals surface area (Å²) in [5, 5.41) is 24.8. The molecule has 5 nitrogen and oxygen atoms in total. The molecule has 2 aromatic rings. The SMILES string of the molecule is C.CC.CC(=O)c1cccc(/C=C/CO)c1.CC(=O)c1cccc(CCCO)c1.CCO. The summed E-state index contributed by atoms with van der Waals surface area (Å²) < 4.78 is 0. The lowest BCUT2D eigenvalue weighted by Crippen LogP contribution is -1.95. The average Bonchev–Trinajstić information content (AvgIpc) is 2.79. The normalized spacial score (nSPS) is 9.12. The molecule has 0 aliphatic carbocycles. The molecule has 0 radical (unpaired) electrons. The van der Waals surface area contributed by atoms with Crippen molar-refractivity contribution in [2.24, 2.45) is 0 Å². The van der Waals surface area contributed by atoms with E-state index in [9.17, 15) is 9.59 Å². The number of carbonyl (C=O) groups excluding carboxylic acids is 2. The molecule has 0 saturated heterocycles. The van der Waals surface area contributed by atoms with Crippen LogP contribution >= 0.6 is 0 Å². The van der Waals surface area contributed by atoms with Crippen LogP contribution in [-0.2, 0) is 6.42 Å². The first-order valence-corrected chi connectivity index (χ1v) is 10.6. The molecule has 3 N–H and O–H groups in total. The molecule has 0 aromatic heterocycles. The number of aryl methyl sites for hydroxylation is 1. The van der Waals surface area contributed by atoms with Gasteiger partial charge in [-0.1, -0.05) is 69.8 Å². The van der Waals surface area contributed by atoms with Gasteiger partial charge >= 0.3 is 0 Å². The third-order valence-electron chi connectivity index (χ3n) is 3.67. The van der Waals surface area contributed by atoms with Crippen LogP contribution in [0.3, 0.4) is 0 Å². The predicted octanol–water partition coefficient (Wildman–Crippen LogP) is 5.37. The van der Waals surface area contributed by atoms with Crippen molar-refractivity contribution in [3.05, 3.63) is 76.9 Å². The maximum Gasteiger partial charge on any atom is 0.159 e. The highest BCUT2D eigenvalue weighted by Crippen LogP contribution is 2.08. The fourth-order valence-corrected chi connectivity index (χ4v) is 2.28. The van der Waals surface area contributed by atoms with Gasteiger partial charge in [-0.2, -0.15) is 0 Å². The van der Waals surface area contributed by atoms with Crippen molar-refractivity contribution in [3.8, 4) is 0 Å². The lowest BCUT2D eigenvalue weighted by atomic mass is 10.0. The average molecular weight is 447 g/mol. The second kappa shape index (κ2) is 23.1. The molecule has 0 aliphatic rings. The number of Topliss-reactive ketones (excluding diaryl/α,β-unsaturated/α-hetero) is 2. The minimum atomic E-state index is 0. The maximum atomic E-state index is 11.0. The Hall–Kier alpha value is -2.60. The highest BCUT2D eigenvalue weighted by molar-refractivity contribution is 5.94. The largest absolute Gasteiger partial charge is 0.397 e. The molecule has 0 heterocycles. The van der Waals surface area contributed by atoms with Crippen LogP contribution in [0.15, 0.2) is 54.6 Å². The van der Waals surface area contributed by atoms with E-state index in [0.29, 0.717) is 5.56 Å². The zero-order chi connectivity index (χ0) is 24.1. The molecule has 0 bridgehead atoms. The fraction of sp³-hybridized carbons (Fsp3) is 0.407. The van der Waals surface area contributed by atoms with Gasteiger partial charge in [0.05, 0.1) is 6.61 Å². The van der Waals surface area contributed by atoms with E-state index >= 15 is 0 Å². The molecule has 0 unspecified atom stereocenters. The molecule has 2 rings (SSSR count). The van der Waals surface area contributed by atoms with E-state index < -0.39 is 0 Å². The standard InChI is InChI=1S/C11H14O2.C11H12O2.C2H6O.C2H6.CH4/c2*1-9(13)11-6-2-4-10(8-11)5-3-7-12;1-2-3;1-2;/h2,4,6,8,12H,3,5,7H2,1H3;2-6,8,12H,7H2,1H3;3H,2H2,1H3;1-2H3;1H4/b;5-3+;;;. The first-order valence-electron chi connectivity index (χ1n) is 10.6. The number of carbonyl (C=O) groups is 2. The van der Waals surface area contributed by atoms with Crippen molar-refractivity contribution in [2.75, 3.05) is 19.8 Å². The van der Waals surface area contributed by atoms with Gasteiger partial charge in [-0.25, -0.2) is 0 Å². The Labute approximate surface area is 194 Å². The molecule has 0 fully saturated rings. The minimum absolute atomic E-state index is 0. The zero-order valence-corrected chi connectivity index (χ0v) is 19.5. The number of hydrogen-bond acceptors (Lipinski definition) is 5. The quantitative estimate of drug-likeness (QED) is 0.497. The monoisotopic (exact) mass is 446 g/mol. The molecular formula is C27H42O5. The van der Waals surface area contributed by atoms with Gasteiger partial charge in [0, 0.05) is 24.3 Å². The Kier molecular flexibility index (Phi) is 24.5. The Balaban J connectivity index is -0.000000427. The summed E-state index contributed by atoms with van der Waals surface area (Å²) in [7, 11) is 0. The number of rotatable bonds is 7. The third-order valence-corrected chi connectivity index (χ3v) is 3.67. The van der Waals surface area contributed by atoms with Gasteiger partial charge in [-0.3, -0.25) is 9.59 Å². The van der Waals surface area contributed by atoms with Gasteiger partial charge in [-0.05, 0) is 56.9 Å². The molecule has 180 valence electrons. The van der Waals surface area contributed by atoms with Crippen LogP contribution in [0, 0.1) is 0 Å². The number of aliphatic hydroxyl groups is 3. The third kappa shape index (κ3) is 17.1. The van der Waals surface area contributed by atoms with Gasteiger partial charge in [0.2, 0.25) is 0 Å². The van der Waals surface area contributed by atoms with Crippen molar-refractivity contribution in [2.45, 2.75) is 54.9 Å². The minimum Gasteiger partial charge on any atom is -0.397 e. The Morgan fingerprint density at radius 3 is 1.84 bits per heavy atom. The Morgan fingerprint density at radius 1 is 0.875 bits per heavy atom. The summed E-state index contributed by atoms with van der Waals surface area (Å²) in [5.74, 6) is 0.144. The summed E-state index contributed by atoms with van der Waals surface area (Å²) in [4.78, 5) is 22.0. The molecule has 0 amide bonds. The number of benzene rings is 2. The predicted molar refractivity (Wildman–Crippen MR) is 135 cm³/mol. The van der Waals surface area contributed by atoms with Crippen molar-refractivity contribution >= 4 is 17.6 Å². The molecular weight excluding hydrogens is 404 g/mol. The Morgan fingerprint density at radius 2 is 1.38 bits per heavy atom. The second-order valence-electron chi connectivity index (χ2n) is 6.17. The highest BCUT2D eigenvalue weighted by Gasteiger charge is 1.99. The Bertz CT molecular complexity index is 766. The van der Waals surface area contributed by atoms with Crippen LogP contribution < -0.4 is 0 Å². The van der Waals surface area contributed by atoms with Gasteiger partial charge in [0.1, 0.15) is 0 Å². The van der Waals surface area contributed by atoms with Crippen LogP contribution in [0.1, 0.15) is 80.3 Å². The highest BCUT2D eigenvalue weighted by atomic mass is 16.3. The molecule has 0 atom stereocenters. The van der Waals surface area contributed by atoms with E-state index in [-0.39, 0.29) is 38.8 Å². The van der Waals surface area contributed by atoms with Crippen LogP contribution in [-0.4, -0.2) is 46.7 Å². The molecule has 0 saturated carbocycles. The van der Waals surface area contributed by atoms with Crippen LogP contribution in [0.2, 0.25) is 0 Å². The zero-order valence-electron chi connectivity index (χ0n) is 19.5. The van der Waals surface area contributed by atoms with Crippen molar-refractivity contribution in [1.82, 2.24) is 0 Å². The summed E-state index contributed by atoms with van der Waals surface area (Å²) in [5.41, 5.74) is 3.49. The van der Waals surface area contributed by atoms with Crippen LogP contribution in [0.25, 0.3) is 6.08 Å². The van der Waals surface area contributed by atoms with Crippen molar-refractivity contribution < 1.29 is 24.9 Å². The summed E-state index contributed by atoms with van der Waals surface area (Å²) >= 11 is 0. The summed E-state index contributed by atoms with van der Waals surface area (Å²) in [6.45, 7) is 9.24. The number of aliphatic hydroxyl groups excluding tert-OH is 3. The topological polar surface area (TPSA) is 94.8 Å². The first kappa shape index (κ1) is 34.0. The van der Waals surface area contributed by atoms with E-state index in [1.54, 1.807) is 38.1 Å². The van der Waals surface area contributed by atoms with E-state index in [1.807, 2.05) is 50.2 Å². The van der Waals surface area contributed by atoms with E-state index in [1.165, 1.54) is 6.92 Å². The molecule has 32 heavy (non-hydrogen) atoms. The van der Waals surface area contributed by atoms with E-state index in [0.717, 1.165) is 29.5 Å². The van der Waals surface area contributed by atoms with E-state index in [4.69, 9.17) is 15.3 Å². The molecule has 0 spiro atoms. The number of ketones is 2. The second-order valence-corrected chi connectivity index (χ2v) is 6.17. The van der Waals surface area contributed by atoms with Gasteiger partial charge in [-0.15, -0.1) is 0 Å². The van der Waals surface area contributed by atoms with Gasteiger partial charge < -0.3 is 15.3 Å². The smallest absolute Gasteiger partial charge is 0.159 e. The summed E-state index contributed by atoms with van der Waals surface area (Å²) in [6.07, 6.45) is 5.00. The number of hydrogen-bond donors (Lipinski definition) is 3. The van der Waals surface area contributed by atoms with Crippen LogP contribution in [0.5, 0.6) is 0 Å². The van der Waals surface area contributed by atoms with Crippen molar-refractivity contribution in [3.63, 3.8) is 0 Å². The lowest BCUT2D eigenvalue weighted by molar-refractivity contribution is 0.100. The lowest BCUT2D eigenvalue weighted by Gasteiger charge is -2.01. The molecule has 2 aromatic carbocycles. The van der Waals surface area contributed by atoms with Gasteiger partial charge in [0.25, 0.3) is 0 Å². The maximum absolute atomic E-state index is 11.0. The fourth-order valence-electron chi connectivity index (χ4n) is 2.28. The van der Waals surface area contributed by atoms with E-state index in [2.05, 4.69) is 0 Å². The van der Waals surface area contributed by atoms with Crippen molar-refractivity contribution in [1.29, 1.82) is 0 Å². The van der Waals surface area contributed by atoms with Crippen LogP contribution in [0.4, 0.5) is 0 Å². The van der Waals surface area contributed by atoms with Gasteiger partial charge in [0.15, 0.2) is 11.6 Å². The molecule has 0 aliphatic heterocycles.